The largest absolute Gasteiger partial charge is 0.495 e. The summed E-state index contributed by atoms with van der Waals surface area (Å²) in [7, 11) is -5.14. The van der Waals surface area contributed by atoms with Gasteiger partial charge in [0, 0.05) is 20.1 Å². The zero-order valence-electron chi connectivity index (χ0n) is 13.3. The Bertz CT molecular complexity index is 1010. The van der Waals surface area contributed by atoms with Crippen molar-refractivity contribution >= 4 is 19.9 Å². The molecule has 3 rings (SSSR count). The quantitative estimate of drug-likeness (QED) is 0.696. The lowest BCUT2D eigenvalue weighted by molar-refractivity contribution is 0.306. The molecular weight excluding hydrogens is 375 g/mol. The molecule has 12 heteroatoms. The molecule has 0 radical (unpaired) electrons. The van der Waals surface area contributed by atoms with Crippen LogP contribution in [0.4, 0.5) is 4.39 Å². The molecule has 0 spiro atoms. The lowest BCUT2D eigenvalue weighted by atomic mass is 10.3. The van der Waals surface area contributed by atoms with Crippen LogP contribution in [0.25, 0.3) is 0 Å². The Morgan fingerprint density at radius 2 is 1.92 bits per heavy atom. The Hall–Kier alpha value is -2.05. The van der Waals surface area contributed by atoms with Crippen LogP contribution in [-0.2, 0) is 26.9 Å². The molecule has 2 aromatic rings. The molecular formula is C13H15FN4O5S2. The fourth-order valence-electron chi connectivity index (χ4n) is 2.46. The number of sulfone groups is 1. The molecule has 136 valence electrons. The molecule has 1 aliphatic heterocycles. The molecule has 1 saturated heterocycles. The number of aryl methyl sites for hydroxylation is 1. The van der Waals surface area contributed by atoms with Crippen molar-refractivity contribution in [2.75, 3.05) is 20.2 Å². The average molecular weight is 390 g/mol. The van der Waals surface area contributed by atoms with Crippen LogP contribution in [0, 0.1) is 5.82 Å². The van der Waals surface area contributed by atoms with E-state index in [0.29, 0.717) is 0 Å². The molecule has 1 aromatic carbocycles. The third-order valence-electron chi connectivity index (χ3n) is 3.92. The highest BCUT2D eigenvalue weighted by Gasteiger charge is 2.46. The number of methoxy groups -OCH3 is 1. The smallest absolute Gasteiger partial charge is 0.249 e. The van der Waals surface area contributed by atoms with Gasteiger partial charge in [-0.05, 0) is 18.2 Å². The second-order valence-corrected chi connectivity index (χ2v) is 9.54. The molecule has 0 atom stereocenters. The van der Waals surface area contributed by atoms with Crippen LogP contribution in [0.15, 0.2) is 34.6 Å². The van der Waals surface area contributed by atoms with Crippen LogP contribution in [0.1, 0.15) is 0 Å². The van der Waals surface area contributed by atoms with Crippen LogP contribution < -0.4 is 4.74 Å². The summed E-state index contributed by atoms with van der Waals surface area (Å²) >= 11 is 0. The number of hydrogen-bond acceptors (Lipinski definition) is 7. The van der Waals surface area contributed by atoms with E-state index in [-0.39, 0.29) is 28.9 Å². The van der Waals surface area contributed by atoms with E-state index < -0.39 is 30.9 Å². The van der Waals surface area contributed by atoms with Gasteiger partial charge in [0.15, 0.2) is 0 Å². The van der Waals surface area contributed by atoms with Crippen molar-refractivity contribution in [2.24, 2.45) is 7.05 Å². The topological polar surface area (TPSA) is 111 Å². The molecule has 0 unspecified atom stereocenters. The summed E-state index contributed by atoms with van der Waals surface area (Å²) in [6, 6.07) is 3.13. The highest BCUT2D eigenvalue weighted by molar-refractivity contribution is 7.92. The molecule has 1 fully saturated rings. The van der Waals surface area contributed by atoms with Crippen molar-refractivity contribution in [2.45, 2.75) is 15.3 Å². The van der Waals surface area contributed by atoms with Gasteiger partial charge >= 0.3 is 0 Å². The van der Waals surface area contributed by atoms with Gasteiger partial charge in [0.25, 0.3) is 0 Å². The number of ether oxygens (including phenoxy) is 1. The average Bonchev–Trinajstić information content (AvgIpc) is 2.92. The summed E-state index contributed by atoms with van der Waals surface area (Å²) in [6.45, 7) is -0.506. The molecule has 0 aliphatic carbocycles. The van der Waals surface area contributed by atoms with Crippen LogP contribution in [0.3, 0.4) is 0 Å². The van der Waals surface area contributed by atoms with Crippen LogP contribution >= 0.6 is 0 Å². The summed E-state index contributed by atoms with van der Waals surface area (Å²) in [5.41, 5.74) is 0. The molecule has 2 heterocycles. The summed E-state index contributed by atoms with van der Waals surface area (Å²) in [5.74, 6) is -0.746. The monoisotopic (exact) mass is 390 g/mol. The summed E-state index contributed by atoms with van der Waals surface area (Å²) in [6.07, 6.45) is 1.25. The first kappa shape index (κ1) is 17.8. The summed E-state index contributed by atoms with van der Waals surface area (Å²) in [5, 5.41) is 5.92. The maximum Gasteiger partial charge on any atom is 0.249 e. The van der Waals surface area contributed by atoms with Gasteiger partial charge in [-0.15, -0.1) is 10.2 Å². The minimum Gasteiger partial charge on any atom is -0.495 e. The molecule has 0 saturated carbocycles. The van der Waals surface area contributed by atoms with E-state index in [2.05, 4.69) is 10.2 Å². The molecule has 9 nitrogen and oxygen atoms in total. The Kier molecular flexibility index (Phi) is 4.29. The number of sulfonamides is 1. The third-order valence-corrected chi connectivity index (χ3v) is 7.83. The maximum atomic E-state index is 13.4. The van der Waals surface area contributed by atoms with E-state index in [0.717, 1.165) is 16.4 Å². The number of benzene rings is 1. The first-order valence-corrected chi connectivity index (χ1v) is 10.1. The predicted molar refractivity (Wildman–Crippen MR) is 83.7 cm³/mol. The van der Waals surface area contributed by atoms with Gasteiger partial charge in [-0.25, -0.2) is 21.2 Å². The number of nitrogens with zero attached hydrogens (tertiary/aromatic N) is 4. The Morgan fingerprint density at radius 3 is 2.48 bits per heavy atom. The summed E-state index contributed by atoms with van der Waals surface area (Å²) in [4.78, 5) is -0.343. The van der Waals surface area contributed by atoms with Crippen molar-refractivity contribution in [1.29, 1.82) is 0 Å². The maximum absolute atomic E-state index is 13.4. The highest BCUT2D eigenvalue weighted by Crippen LogP contribution is 2.32. The zero-order valence-corrected chi connectivity index (χ0v) is 15.0. The van der Waals surface area contributed by atoms with Gasteiger partial charge in [-0.3, -0.25) is 0 Å². The second-order valence-electron chi connectivity index (χ2n) is 5.51. The molecule has 0 amide bonds. The van der Waals surface area contributed by atoms with Gasteiger partial charge in [-0.2, -0.15) is 4.31 Å². The molecule has 1 aliphatic rings. The van der Waals surface area contributed by atoms with Crippen LogP contribution in [0.2, 0.25) is 0 Å². The first-order valence-electron chi connectivity index (χ1n) is 7.09. The predicted octanol–water partition coefficient (Wildman–Crippen LogP) is -0.190. The van der Waals surface area contributed by atoms with Crippen molar-refractivity contribution in [3.05, 3.63) is 30.3 Å². The lowest BCUT2D eigenvalue weighted by Crippen LogP contribution is -2.57. The van der Waals surface area contributed by atoms with E-state index >= 15 is 0 Å². The Labute approximate surface area is 144 Å². The molecule has 1 aromatic heterocycles. The zero-order chi connectivity index (χ0) is 18.4. The second kappa shape index (κ2) is 6.04. The van der Waals surface area contributed by atoms with Gasteiger partial charge in [0.2, 0.25) is 25.0 Å². The third kappa shape index (κ3) is 2.89. The van der Waals surface area contributed by atoms with Crippen LogP contribution in [-0.4, -0.2) is 61.4 Å². The van der Waals surface area contributed by atoms with Gasteiger partial charge < -0.3 is 9.30 Å². The van der Waals surface area contributed by atoms with E-state index in [1.54, 1.807) is 0 Å². The Morgan fingerprint density at radius 1 is 1.24 bits per heavy atom. The fourth-order valence-corrected chi connectivity index (χ4v) is 6.01. The van der Waals surface area contributed by atoms with Gasteiger partial charge in [-0.1, -0.05) is 0 Å². The van der Waals surface area contributed by atoms with Crippen molar-refractivity contribution < 1.29 is 26.0 Å². The first-order chi connectivity index (χ1) is 11.7. The van der Waals surface area contributed by atoms with E-state index in [9.17, 15) is 21.2 Å². The van der Waals surface area contributed by atoms with E-state index in [1.807, 2.05) is 0 Å². The molecule has 0 bridgehead atoms. The number of hydrogen-bond donors (Lipinski definition) is 0. The van der Waals surface area contributed by atoms with Crippen molar-refractivity contribution in [3.63, 3.8) is 0 Å². The SMILES string of the molecule is COc1ccc(F)cc1S(=O)(=O)N1CC(S(=O)(=O)c2nncn2C)C1. The molecule has 0 N–H and O–H groups in total. The number of halogens is 1. The fraction of sp³-hybridized carbons (Fsp3) is 0.385. The minimum absolute atomic E-state index is 0.0130. The van der Waals surface area contributed by atoms with Crippen LogP contribution in [0.5, 0.6) is 5.75 Å². The summed E-state index contributed by atoms with van der Waals surface area (Å²) < 4.78 is 70.8. The van der Waals surface area contributed by atoms with E-state index in [1.165, 1.54) is 31.1 Å². The van der Waals surface area contributed by atoms with Crippen molar-refractivity contribution in [3.8, 4) is 5.75 Å². The highest BCUT2D eigenvalue weighted by atomic mass is 32.2. The van der Waals surface area contributed by atoms with Gasteiger partial charge in [0.05, 0.1) is 12.4 Å². The lowest BCUT2D eigenvalue weighted by Gasteiger charge is -2.37. The van der Waals surface area contributed by atoms with Gasteiger partial charge in [0.1, 0.15) is 22.8 Å². The Balaban J connectivity index is 1.85. The standard InChI is InChI=1S/C13H15FN4O5S2/c1-17-8-15-16-13(17)24(19,20)10-6-18(7-10)25(21,22)12-5-9(14)3-4-11(12)23-2/h3-5,8,10H,6-7H2,1-2H3. The van der Waals surface area contributed by atoms with E-state index in [4.69, 9.17) is 4.74 Å². The number of aromatic nitrogens is 3. The normalized spacial score (nSPS) is 16.6. The molecule has 25 heavy (non-hydrogen) atoms. The van der Waals surface area contributed by atoms with Crippen molar-refractivity contribution in [1.82, 2.24) is 19.1 Å². The number of rotatable bonds is 5. The minimum atomic E-state index is -4.08.